The normalized spacial score (nSPS) is 13.4. The van der Waals surface area contributed by atoms with Crippen LogP contribution in [0.1, 0.15) is 151 Å². The Bertz CT molecular complexity index is 2900. The third-order valence-electron chi connectivity index (χ3n) is 11.4. The Morgan fingerprint density at radius 2 is 0.821 bits per heavy atom. The third kappa shape index (κ3) is 22.1. The van der Waals surface area contributed by atoms with Crippen molar-refractivity contribution in [2.45, 2.75) is 186 Å². The Labute approximate surface area is 502 Å². The quantitative estimate of drug-likeness (QED) is 0.0721. The van der Waals surface area contributed by atoms with Crippen molar-refractivity contribution in [3.8, 4) is 0 Å². The summed E-state index contributed by atoms with van der Waals surface area (Å²) >= 11 is 3.37. The van der Waals surface area contributed by atoms with Crippen LogP contribution in [0, 0.1) is 11.6 Å². The van der Waals surface area contributed by atoms with Crippen LogP contribution in [0.25, 0.3) is 0 Å². The van der Waals surface area contributed by atoms with Gasteiger partial charge in [-0.15, -0.1) is 0 Å². The summed E-state index contributed by atoms with van der Waals surface area (Å²) in [6, 6.07) is 19.7. The number of anilines is 6. The predicted octanol–water partition coefficient (Wildman–Crippen LogP) is 15.7. The average Bonchev–Trinajstić information content (AvgIpc) is 1.89. The number of hydrogen-bond acceptors (Lipinski definition) is 14. The van der Waals surface area contributed by atoms with Crippen molar-refractivity contribution in [2.24, 2.45) is 0 Å². The highest BCUT2D eigenvalue weighted by Crippen LogP contribution is 2.39. The molecule has 0 spiro atoms. The van der Waals surface area contributed by atoms with Crippen LogP contribution in [0.3, 0.4) is 0 Å². The molecule has 0 saturated carbocycles. The molecule has 4 aromatic rings. The molecule has 5 rings (SSSR count). The van der Waals surface area contributed by atoms with Gasteiger partial charge in [0.25, 0.3) is 0 Å². The van der Waals surface area contributed by atoms with Gasteiger partial charge in [0.05, 0.1) is 60.3 Å². The van der Waals surface area contributed by atoms with Gasteiger partial charge >= 0.3 is 43.7 Å². The van der Waals surface area contributed by atoms with E-state index in [-0.39, 0.29) is 63.9 Å². The summed E-state index contributed by atoms with van der Waals surface area (Å²) in [6.45, 7) is 31.2. The van der Waals surface area contributed by atoms with Gasteiger partial charge in [0.1, 0.15) is 33.8 Å². The molecular formula is C60H86BBrF2N6O14. The van der Waals surface area contributed by atoms with E-state index in [2.05, 4.69) is 37.2 Å². The first-order valence-corrected chi connectivity index (χ1v) is 27.2. The molecule has 1 aliphatic rings. The van der Waals surface area contributed by atoms with Gasteiger partial charge < -0.3 is 37.7 Å². The maximum Gasteiger partial charge on any atom is 0.494 e. The van der Waals surface area contributed by atoms with E-state index >= 15 is 8.78 Å². The summed E-state index contributed by atoms with van der Waals surface area (Å²) < 4.78 is 77.1. The van der Waals surface area contributed by atoms with E-state index in [1.54, 1.807) is 133 Å². The molecule has 1 aliphatic heterocycles. The summed E-state index contributed by atoms with van der Waals surface area (Å²) in [4.78, 5) is 78.4. The minimum absolute atomic E-state index is 0. The first kappa shape index (κ1) is 72.9. The maximum atomic E-state index is 16.4. The SMILES string of the molecule is C.C.CCOC(=O)Nc1ccc(N(Cc2ccc(B3OC(C)(C)C(C)(C)O3)cc2)C(=O)OC(C)(C)C)c(F)c1NC(=O)OC(C)(C)C.CCOC(=O)Nc1ccc(N(Cc2ccc(Br)cc2)C(=O)OC(C)(C)C)c(F)c1NC(=O)OC(C)(C)C. The highest BCUT2D eigenvalue weighted by Gasteiger charge is 2.51. The second kappa shape index (κ2) is 29.6. The van der Waals surface area contributed by atoms with Gasteiger partial charge in [-0.1, -0.05) is 67.2 Å². The van der Waals surface area contributed by atoms with E-state index in [4.69, 9.17) is 37.7 Å². The third-order valence-corrected chi connectivity index (χ3v) is 12.0. The Morgan fingerprint density at radius 3 is 1.13 bits per heavy atom. The lowest BCUT2D eigenvalue weighted by molar-refractivity contribution is 0.00578. The molecule has 4 aromatic carbocycles. The molecule has 0 aromatic heterocycles. The second-order valence-electron chi connectivity index (χ2n) is 23.7. The van der Waals surface area contributed by atoms with Crippen molar-refractivity contribution >= 4 is 99.2 Å². The Kier molecular flexibility index (Phi) is 25.7. The monoisotopic (exact) mass is 1240 g/mol. The minimum atomic E-state index is -1.00. The second-order valence-corrected chi connectivity index (χ2v) is 24.6. The maximum absolute atomic E-state index is 16.4. The molecule has 1 fully saturated rings. The molecule has 4 N–H and O–H groups in total. The molecule has 24 heteroatoms. The van der Waals surface area contributed by atoms with Gasteiger partial charge in [-0.05, 0) is 178 Å². The van der Waals surface area contributed by atoms with Crippen molar-refractivity contribution in [1.82, 2.24) is 0 Å². The fraction of sp³-hybridized carbons (Fsp3) is 0.500. The van der Waals surface area contributed by atoms with Crippen LogP contribution in [0.15, 0.2) is 77.3 Å². The highest BCUT2D eigenvalue weighted by atomic mass is 79.9. The van der Waals surface area contributed by atoms with Gasteiger partial charge in [0.2, 0.25) is 0 Å². The van der Waals surface area contributed by atoms with Crippen LogP contribution in [-0.2, 0) is 50.8 Å². The molecule has 0 bridgehead atoms. The molecular weight excluding hydrogens is 1160 g/mol. The standard InChI is InChI=1S/C32H45BFN3O8.C26H33BrFN3O6.2CH4/c1-12-41-26(38)35-22-17-18-23(24(34)25(22)36-27(39)42-29(2,3)4)37(28(40)43-30(5,6)7)19-20-13-15-21(16-14-20)33-44-31(8,9)32(10,11)45-33;1-8-35-22(32)29-18-13-14-19(20(28)21(18)30-23(33)36-25(2,3)4)31(24(34)37-26(5,6)7)15-16-9-11-17(27)12-10-16;;/h13-18H,12,19H2,1-11H3,(H,35,38)(H,36,39);9-14H,8,15H2,1-7H3,(H,29,32)(H,30,33);2*1H4. The van der Waals surface area contributed by atoms with Crippen molar-refractivity contribution in [3.05, 3.63) is 100 Å². The van der Waals surface area contributed by atoms with Crippen LogP contribution >= 0.6 is 15.9 Å². The van der Waals surface area contributed by atoms with Crippen molar-refractivity contribution in [3.63, 3.8) is 0 Å². The van der Waals surface area contributed by atoms with Crippen molar-refractivity contribution in [2.75, 3.05) is 44.3 Å². The zero-order valence-corrected chi connectivity index (χ0v) is 51.7. The zero-order valence-electron chi connectivity index (χ0n) is 50.1. The number of benzene rings is 4. The van der Waals surface area contributed by atoms with Crippen LogP contribution in [0.2, 0.25) is 0 Å². The summed E-state index contributed by atoms with van der Waals surface area (Å²) in [5.41, 5.74) is -3.79. The molecule has 1 saturated heterocycles. The molecule has 464 valence electrons. The molecule has 0 atom stereocenters. The van der Waals surface area contributed by atoms with Crippen LogP contribution in [0.5, 0.6) is 0 Å². The van der Waals surface area contributed by atoms with Crippen LogP contribution < -0.4 is 36.5 Å². The highest BCUT2D eigenvalue weighted by molar-refractivity contribution is 9.10. The van der Waals surface area contributed by atoms with Gasteiger partial charge in [-0.3, -0.25) is 31.1 Å². The number of carbonyl (C=O) groups excluding carboxylic acids is 6. The van der Waals surface area contributed by atoms with Crippen molar-refractivity contribution < 1.29 is 75.3 Å². The number of amides is 6. The Hall–Kier alpha value is -7.18. The number of hydrogen-bond donors (Lipinski definition) is 4. The molecule has 0 unspecified atom stereocenters. The number of carbonyl (C=O) groups is 6. The zero-order chi connectivity index (χ0) is 61.9. The first-order valence-electron chi connectivity index (χ1n) is 26.4. The molecule has 0 radical (unpaired) electrons. The predicted molar refractivity (Wildman–Crippen MR) is 328 cm³/mol. The van der Waals surface area contributed by atoms with E-state index in [0.717, 1.165) is 19.7 Å². The van der Waals surface area contributed by atoms with E-state index in [1.165, 1.54) is 24.3 Å². The average molecular weight is 1240 g/mol. The summed E-state index contributed by atoms with van der Waals surface area (Å²) in [7, 11) is -0.579. The number of ether oxygens (including phenoxy) is 6. The lowest BCUT2D eigenvalue weighted by Gasteiger charge is -2.32. The number of rotatable bonds is 13. The Balaban J connectivity index is 0.000000571. The summed E-state index contributed by atoms with van der Waals surface area (Å²) in [5, 5.41) is 9.53. The van der Waals surface area contributed by atoms with E-state index in [0.29, 0.717) is 11.1 Å². The van der Waals surface area contributed by atoms with Crippen LogP contribution in [0.4, 0.5) is 71.7 Å². The lowest BCUT2D eigenvalue weighted by atomic mass is 9.79. The molecule has 1 heterocycles. The lowest BCUT2D eigenvalue weighted by Crippen LogP contribution is -2.41. The Morgan fingerprint density at radius 1 is 0.500 bits per heavy atom. The number of nitrogens with one attached hydrogen (secondary N) is 4. The fourth-order valence-electron chi connectivity index (χ4n) is 7.21. The molecule has 20 nitrogen and oxygen atoms in total. The van der Waals surface area contributed by atoms with E-state index in [1.807, 2.05) is 39.8 Å². The first-order chi connectivity index (χ1) is 37.7. The number of halogens is 3. The molecule has 84 heavy (non-hydrogen) atoms. The summed E-state index contributed by atoms with van der Waals surface area (Å²) in [5.74, 6) is -1.99. The van der Waals surface area contributed by atoms with E-state index in [9.17, 15) is 28.8 Å². The molecule has 0 aliphatic carbocycles. The van der Waals surface area contributed by atoms with Gasteiger partial charge in [-0.2, -0.15) is 0 Å². The van der Waals surface area contributed by atoms with Crippen molar-refractivity contribution in [1.29, 1.82) is 0 Å². The van der Waals surface area contributed by atoms with Gasteiger partial charge in [0.15, 0.2) is 11.6 Å². The van der Waals surface area contributed by atoms with Gasteiger partial charge in [0, 0.05) is 4.47 Å². The topological polar surface area (TPSA) is 231 Å². The van der Waals surface area contributed by atoms with Gasteiger partial charge in [-0.25, -0.2) is 37.5 Å². The summed E-state index contributed by atoms with van der Waals surface area (Å²) in [6.07, 6.45) is -5.25. The number of nitrogens with zero attached hydrogens (tertiary/aromatic N) is 2. The largest absolute Gasteiger partial charge is 0.494 e. The van der Waals surface area contributed by atoms with E-state index < -0.39 is 100 Å². The fourth-order valence-corrected chi connectivity index (χ4v) is 7.47. The smallest absolute Gasteiger partial charge is 0.450 e. The van der Waals surface area contributed by atoms with Crippen LogP contribution in [-0.4, -0.2) is 90.5 Å². The molecule has 6 amide bonds. The minimum Gasteiger partial charge on any atom is -0.450 e.